The maximum Gasteiger partial charge on any atom is 0.172 e. The Balaban J connectivity index is 1.76. The van der Waals surface area contributed by atoms with Crippen LogP contribution >= 0.6 is 0 Å². The van der Waals surface area contributed by atoms with E-state index in [0.29, 0.717) is 23.3 Å². The lowest BCUT2D eigenvalue weighted by Gasteiger charge is -2.27. The monoisotopic (exact) mass is 430 g/mol. The molecule has 1 saturated heterocycles. The van der Waals surface area contributed by atoms with Crippen molar-refractivity contribution in [1.82, 2.24) is 0 Å². The van der Waals surface area contributed by atoms with Crippen molar-refractivity contribution in [3.63, 3.8) is 0 Å². The summed E-state index contributed by atoms with van der Waals surface area (Å²) in [6, 6.07) is 25.3. The van der Waals surface area contributed by atoms with Crippen LogP contribution in [0.2, 0.25) is 0 Å². The van der Waals surface area contributed by atoms with E-state index in [1.807, 2.05) is 48.5 Å². The second-order valence-corrected chi connectivity index (χ2v) is 7.96. The predicted molar refractivity (Wildman–Crippen MR) is 121 cm³/mol. The third-order valence-electron chi connectivity index (χ3n) is 6.01. The average molecular weight is 431 g/mol. The summed E-state index contributed by atoms with van der Waals surface area (Å²) >= 11 is 0. The molecule has 0 spiro atoms. The molecule has 3 aromatic carbocycles. The van der Waals surface area contributed by atoms with E-state index in [1.54, 1.807) is 43.5 Å². The summed E-state index contributed by atoms with van der Waals surface area (Å²) in [7, 11) is 1.59. The minimum Gasteiger partial charge on any atom is -0.497 e. The zero-order valence-electron chi connectivity index (χ0n) is 17.9. The van der Waals surface area contributed by atoms with Gasteiger partial charge in [0.05, 0.1) is 37.8 Å². The van der Waals surface area contributed by atoms with Gasteiger partial charge in [-0.05, 0) is 24.1 Å². The van der Waals surface area contributed by atoms with Crippen LogP contribution < -0.4 is 4.74 Å². The van der Waals surface area contributed by atoms with E-state index in [1.165, 1.54) is 0 Å². The van der Waals surface area contributed by atoms with Crippen molar-refractivity contribution in [3.05, 3.63) is 102 Å². The lowest BCUT2D eigenvalue weighted by atomic mass is 9.78. The number of ketones is 2. The van der Waals surface area contributed by atoms with E-state index in [4.69, 9.17) is 9.47 Å². The Labute approximate surface area is 187 Å². The average Bonchev–Trinajstić information content (AvgIpc) is 3.29. The van der Waals surface area contributed by atoms with Crippen LogP contribution in [0.5, 0.6) is 5.75 Å². The van der Waals surface area contributed by atoms with E-state index in [9.17, 15) is 14.7 Å². The number of methoxy groups -OCH3 is 1. The van der Waals surface area contributed by atoms with Crippen LogP contribution in [0.15, 0.2) is 84.9 Å². The first-order valence-corrected chi connectivity index (χ1v) is 10.7. The zero-order chi connectivity index (χ0) is 22.5. The molecule has 5 nitrogen and oxygen atoms in total. The van der Waals surface area contributed by atoms with E-state index in [0.717, 1.165) is 5.56 Å². The van der Waals surface area contributed by atoms with Crippen molar-refractivity contribution in [2.45, 2.75) is 24.5 Å². The summed E-state index contributed by atoms with van der Waals surface area (Å²) in [6.45, 7) is -0.204. The molecule has 1 heterocycles. The van der Waals surface area contributed by atoms with Gasteiger partial charge >= 0.3 is 0 Å². The van der Waals surface area contributed by atoms with Crippen molar-refractivity contribution < 1.29 is 24.2 Å². The van der Waals surface area contributed by atoms with Crippen molar-refractivity contribution >= 4 is 11.6 Å². The van der Waals surface area contributed by atoms with Crippen LogP contribution in [0.4, 0.5) is 0 Å². The summed E-state index contributed by atoms with van der Waals surface area (Å²) in [5.74, 6) is -0.764. The largest absolute Gasteiger partial charge is 0.497 e. The van der Waals surface area contributed by atoms with Crippen molar-refractivity contribution in [2.24, 2.45) is 5.92 Å². The number of hydrogen-bond acceptors (Lipinski definition) is 5. The standard InChI is InChI=1S/C27H26O5/c1-31-21-14-12-18(13-15-21)24(26(30)20-10-6-3-7-11-20)27-23(16-22(17-28)32-27)25(29)19-8-4-2-5-9-19/h2-15,22-24,27-28H,16-17H2,1H3/t22-,23+,24?,27-/m0/s1. The highest BCUT2D eigenvalue weighted by molar-refractivity contribution is 6.03. The minimum absolute atomic E-state index is 0.0778. The second-order valence-electron chi connectivity index (χ2n) is 7.96. The number of ether oxygens (including phenoxy) is 2. The number of aliphatic hydroxyl groups excluding tert-OH is 1. The summed E-state index contributed by atoms with van der Waals surface area (Å²) < 4.78 is 11.4. The van der Waals surface area contributed by atoms with Gasteiger partial charge in [-0.25, -0.2) is 0 Å². The maximum atomic E-state index is 13.7. The van der Waals surface area contributed by atoms with E-state index < -0.39 is 24.0 Å². The fourth-order valence-corrected chi connectivity index (χ4v) is 4.37. The Hall–Kier alpha value is -3.28. The van der Waals surface area contributed by atoms with Crippen LogP contribution in [0, 0.1) is 5.92 Å². The Bertz CT molecular complexity index is 1050. The molecule has 0 aliphatic carbocycles. The lowest BCUT2D eigenvalue weighted by Crippen LogP contribution is -2.35. The van der Waals surface area contributed by atoms with E-state index in [2.05, 4.69) is 0 Å². The first-order valence-electron chi connectivity index (χ1n) is 10.7. The number of Topliss-reactive ketones (excluding diaryl/α,β-unsaturated/α-hetero) is 2. The fraction of sp³-hybridized carbons (Fsp3) is 0.259. The SMILES string of the molecule is COc1ccc(C(C(=O)c2ccccc2)[C@H]2O[C@H](CO)C[C@@H]2C(=O)c2ccccc2)cc1. The lowest BCUT2D eigenvalue weighted by molar-refractivity contribution is -0.00395. The number of carbonyl (C=O) groups excluding carboxylic acids is 2. The molecular weight excluding hydrogens is 404 g/mol. The van der Waals surface area contributed by atoms with Gasteiger partial charge in [0, 0.05) is 11.1 Å². The molecule has 0 radical (unpaired) electrons. The predicted octanol–water partition coefficient (Wildman–Crippen LogP) is 4.31. The Morgan fingerprint density at radius 3 is 2.09 bits per heavy atom. The molecule has 1 fully saturated rings. The van der Waals surface area contributed by atoms with Gasteiger partial charge in [-0.1, -0.05) is 72.8 Å². The van der Waals surface area contributed by atoms with Crippen LogP contribution in [0.25, 0.3) is 0 Å². The van der Waals surface area contributed by atoms with Gasteiger partial charge in [0.15, 0.2) is 11.6 Å². The molecule has 0 amide bonds. The Morgan fingerprint density at radius 1 is 0.938 bits per heavy atom. The van der Waals surface area contributed by atoms with Crippen LogP contribution in [-0.4, -0.2) is 42.6 Å². The summed E-state index contributed by atoms with van der Waals surface area (Å²) in [6.07, 6.45) is -0.827. The number of rotatable bonds is 8. The summed E-state index contributed by atoms with van der Waals surface area (Å²) in [5, 5.41) is 9.79. The number of hydrogen-bond donors (Lipinski definition) is 1. The molecule has 5 heteroatoms. The molecule has 1 aliphatic heterocycles. The van der Waals surface area contributed by atoms with Gasteiger partial charge in [-0.3, -0.25) is 9.59 Å². The highest BCUT2D eigenvalue weighted by Crippen LogP contribution is 2.40. The molecule has 4 rings (SSSR count). The van der Waals surface area contributed by atoms with Gasteiger partial charge in [-0.15, -0.1) is 0 Å². The smallest absolute Gasteiger partial charge is 0.172 e. The number of aliphatic hydroxyl groups is 1. The van der Waals surface area contributed by atoms with E-state index in [-0.39, 0.29) is 18.2 Å². The molecule has 1 unspecified atom stereocenters. The molecule has 0 aromatic heterocycles. The highest BCUT2D eigenvalue weighted by Gasteiger charge is 2.46. The molecule has 3 aromatic rings. The van der Waals surface area contributed by atoms with Gasteiger partial charge in [0.25, 0.3) is 0 Å². The van der Waals surface area contributed by atoms with Gasteiger partial charge < -0.3 is 14.6 Å². The summed E-state index contributed by atoms with van der Waals surface area (Å²) in [5.41, 5.74) is 1.87. The molecule has 1 aliphatic rings. The molecule has 164 valence electrons. The third-order valence-corrected chi connectivity index (χ3v) is 6.01. The second kappa shape index (κ2) is 9.90. The zero-order valence-corrected chi connectivity index (χ0v) is 17.9. The van der Waals surface area contributed by atoms with Gasteiger partial charge in [0.2, 0.25) is 0 Å². The quantitative estimate of drug-likeness (QED) is 0.539. The molecule has 32 heavy (non-hydrogen) atoms. The molecule has 4 atom stereocenters. The molecule has 0 saturated carbocycles. The molecule has 1 N–H and O–H groups in total. The molecular formula is C27H26O5. The van der Waals surface area contributed by atoms with Crippen molar-refractivity contribution in [1.29, 1.82) is 0 Å². The van der Waals surface area contributed by atoms with Gasteiger partial charge in [-0.2, -0.15) is 0 Å². The van der Waals surface area contributed by atoms with Crippen LogP contribution in [0.1, 0.15) is 38.6 Å². The third kappa shape index (κ3) is 4.49. The fourth-order valence-electron chi connectivity index (χ4n) is 4.37. The first-order chi connectivity index (χ1) is 15.6. The van der Waals surface area contributed by atoms with E-state index >= 15 is 0 Å². The van der Waals surface area contributed by atoms with Gasteiger partial charge in [0.1, 0.15) is 5.75 Å². The topological polar surface area (TPSA) is 72.8 Å². The van der Waals surface area contributed by atoms with Crippen LogP contribution in [-0.2, 0) is 4.74 Å². The molecule has 0 bridgehead atoms. The highest BCUT2D eigenvalue weighted by atomic mass is 16.5. The number of carbonyl (C=O) groups is 2. The minimum atomic E-state index is -0.697. The maximum absolute atomic E-state index is 13.7. The normalized spacial score (nSPS) is 21.1. The first kappa shape index (κ1) is 21.9. The number of benzene rings is 3. The Morgan fingerprint density at radius 2 is 1.53 bits per heavy atom. The van der Waals surface area contributed by atoms with Crippen LogP contribution in [0.3, 0.4) is 0 Å². The van der Waals surface area contributed by atoms with Crippen molar-refractivity contribution in [2.75, 3.05) is 13.7 Å². The Kier molecular flexibility index (Phi) is 6.78. The van der Waals surface area contributed by atoms with Crippen molar-refractivity contribution in [3.8, 4) is 5.75 Å². The summed E-state index contributed by atoms with van der Waals surface area (Å²) in [4.78, 5) is 27.1.